The third-order valence-electron chi connectivity index (χ3n) is 2.99. The fourth-order valence-corrected chi connectivity index (χ4v) is 4.15. The summed E-state index contributed by atoms with van der Waals surface area (Å²) in [6, 6.07) is 6.47. The second-order valence-electron chi connectivity index (χ2n) is 5.16. The molecule has 2 aromatic rings. The maximum atomic E-state index is 12.5. The van der Waals surface area contributed by atoms with Gasteiger partial charge in [-0.25, -0.2) is 13.4 Å². The van der Waals surface area contributed by atoms with Gasteiger partial charge in [-0.2, -0.15) is 9.98 Å². The molecule has 0 saturated carbocycles. The lowest BCUT2D eigenvalue weighted by Gasteiger charge is -2.23. The first-order chi connectivity index (χ1) is 9.76. The number of thiazole rings is 1. The lowest BCUT2D eigenvalue weighted by atomic mass is 10.1. The molecular weight excluding hydrogens is 306 g/mol. The number of hydrogen-bond donors (Lipinski definition) is 1. The summed E-state index contributed by atoms with van der Waals surface area (Å²) >= 11 is 1.39. The second kappa shape index (κ2) is 5.56. The largest absolute Gasteiger partial charge is 0.248 e. The molecule has 1 N–H and O–H groups in total. The minimum atomic E-state index is -3.68. The molecule has 0 amide bonds. The highest BCUT2D eigenvalue weighted by Gasteiger charge is 2.30. The third kappa shape index (κ3) is 3.29. The molecule has 0 bridgehead atoms. The number of nitrogens with zero attached hydrogens (tertiary/aromatic N) is 2. The molecule has 7 heteroatoms. The van der Waals surface area contributed by atoms with E-state index in [0.717, 1.165) is 0 Å². The molecule has 110 valence electrons. The Morgan fingerprint density at radius 1 is 1.38 bits per heavy atom. The number of rotatable bonds is 4. The van der Waals surface area contributed by atoms with E-state index in [-0.39, 0.29) is 4.90 Å². The highest BCUT2D eigenvalue weighted by Crippen LogP contribution is 2.25. The summed E-state index contributed by atoms with van der Waals surface area (Å²) in [4.78, 5) is 4.30. The number of nitriles is 1. The molecule has 0 aliphatic heterocycles. The number of nitrogens with one attached hydrogen (secondary N) is 1. The summed E-state index contributed by atoms with van der Waals surface area (Å²) in [5.74, 6) is 0. The Balaban J connectivity index is 2.35. The van der Waals surface area contributed by atoms with E-state index in [1.54, 1.807) is 32.3 Å². The topological polar surface area (TPSA) is 82.8 Å². The summed E-state index contributed by atoms with van der Waals surface area (Å²) < 4.78 is 27.6. The van der Waals surface area contributed by atoms with Gasteiger partial charge in [0, 0.05) is 11.6 Å². The van der Waals surface area contributed by atoms with Gasteiger partial charge in [-0.15, -0.1) is 11.3 Å². The van der Waals surface area contributed by atoms with E-state index in [1.807, 2.05) is 6.07 Å². The first-order valence-electron chi connectivity index (χ1n) is 6.21. The molecular formula is C14H15N3O2S2. The van der Waals surface area contributed by atoms with Crippen LogP contribution < -0.4 is 4.72 Å². The van der Waals surface area contributed by atoms with Crippen molar-refractivity contribution in [3.63, 3.8) is 0 Å². The minimum Gasteiger partial charge on any atom is -0.248 e. The highest BCUT2D eigenvalue weighted by atomic mass is 32.2. The maximum Gasteiger partial charge on any atom is 0.241 e. The van der Waals surface area contributed by atoms with E-state index in [1.165, 1.54) is 29.5 Å². The minimum absolute atomic E-state index is 0.142. The summed E-state index contributed by atoms with van der Waals surface area (Å²) in [6.45, 7) is 5.24. The fraction of sp³-hybridized carbons (Fsp3) is 0.286. The predicted octanol–water partition coefficient (Wildman–Crippen LogP) is 2.54. The summed E-state index contributed by atoms with van der Waals surface area (Å²) in [7, 11) is -3.68. The summed E-state index contributed by atoms with van der Waals surface area (Å²) in [5.41, 5.74) is 0.301. The molecule has 0 spiro atoms. The van der Waals surface area contributed by atoms with Gasteiger partial charge in [0.2, 0.25) is 10.0 Å². The third-order valence-corrected chi connectivity index (χ3v) is 5.74. The Morgan fingerprint density at radius 2 is 2.10 bits per heavy atom. The first-order valence-corrected chi connectivity index (χ1v) is 8.57. The number of hydrogen-bond acceptors (Lipinski definition) is 5. The van der Waals surface area contributed by atoms with Gasteiger partial charge in [-0.1, -0.05) is 0 Å². The van der Waals surface area contributed by atoms with E-state index in [2.05, 4.69) is 9.71 Å². The van der Waals surface area contributed by atoms with Crippen LogP contribution in [0.3, 0.4) is 0 Å². The standard InChI is InChI=1S/C14H15N3O2S2/c1-10-8-12(5-4-11(10)9-15)21(18,19)17-14(2,3)13-16-6-7-20-13/h4-8,17H,1-3H3. The van der Waals surface area contributed by atoms with E-state index < -0.39 is 15.6 Å². The number of aryl methyl sites for hydroxylation is 1. The van der Waals surface area contributed by atoms with Crippen molar-refractivity contribution < 1.29 is 8.42 Å². The van der Waals surface area contributed by atoms with Crippen molar-refractivity contribution >= 4 is 21.4 Å². The molecule has 0 unspecified atom stereocenters. The van der Waals surface area contributed by atoms with E-state index in [4.69, 9.17) is 5.26 Å². The van der Waals surface area contributed by atoms with Gasteiger partial charge >= 0.3 is 0 Å². The number of sulfonamides is 1. The van der Waals surface area contributed by atoms with Gasteiger partial charge in [0.15, 0.2) is 0 Å². The van der Waals surface area contributed by atoms with E-state index in [0.29, 0.717) is 16.1 Å². The van der Waals surface area contributed by atoms with Gasteiger partial charge in [-0.05, 0) is 44.5 Å². The van der Waals surface area contributed by atoms with Crippen LogP contribution in [-0.4, -0.2) is 13.4 Å². The fourth-order valence-electron chi connectivity index (χ4n) is 1.90. The van der Waals surface area contributed by atoms with Gasteiger partial charge in [-0.3, -0.25) is 0 Å². The van der Waals surface area contributed by atoms with Crippen LogP contribution in [0.25, 0.3) is 0 Å². The zero-order valence-corrected chi connectivity index (χ0v) is 13.5. The summed E-state index contributed by atoms with van der Waals surface area (Å²) in [6.07, 6.45) is 1.64. The molecule has 0 atom stereocenters. The van der Waals surface area contributed by atoms with Gasteiger partial charge < -0.3 is 0 Å². The zero-order valence-electron chi connectivity index (χ0n) is 11.9. The van der Waals surface area contributed by atoms with Crippen LogP contribution in [0.15, 0.2) is 34.7 Å². The van der Waals surface area contributed by atoms with Gasteiger partial charge in [0.25, 0.3) is 0 Å². The molecule has 0 saturated heterocycles. The van der Waals surface area contributed by atoms with Crippen molar-refractivity contribution in [2.75, 3.05) is 0 Å². The highest BCUT2D eigenvalue weighted by molar-refractivity contribution is 7.89. The molecule has 0 aliphatic carbocycles. The van der Waals surface area contributed by atoms with Gasteiger partial charge in [0.1, 0.15) is 5.01 Å². The molecule has 0 aliphatic rings. The van der Waals surface area contributed by atoms with Crippen LogP contribution in [-0.2, 0) is 15.6 Å². The Bertz CT molecular complexity index is 788. The van der Waals surface area contributed by atoms with Crippen molar-refractivity contribution in [2.45, 2.75) is 31.2 Å². The molecule has 1 aromatic carbocycles. The Labute approximate surface area is 128 Å². The van der Waals surface area contributed by atoms with Crippen LogP contribution in [0.2, 0.25) is 0 Å². The monoisotopic (exact) mass is 321 g/mol. The smallest absolute Gasteiger partial charge is 0.241 e. The Hall–Kier alpha value is -1.75. The maximum absolute atomic E-state index is 12.5. The molecule has 0 radical (unpaired) electrons. The van der Waals surface area contributed by atoms with Crippen LogP contribution >= 0.6 is 11.3 Å². The van der Waals surface area contributed by atoms with Crippen molar-refractivity contribution in [3.8, 4) is 6.07 Å². The second-order valence-corrected chi connectivity index (χ2v) is 7.73. The normalized spacial score (nSPS) is 12.1. The molecule has 1 heterocycles. The number of benzene rings is 1. The zero-order chi connectivity index (χ0) is 15.7. The van der Waals surface area contributed by atoms with Crippen molar-refractivity contribution in [3.05, 3.63) is 45.9 Å². The predicted molar refractivity (Wildman–Crippen MR) is 81.4 cm³/mol. The molecule has 21 heavy (non-hydrogen) atoms. The Kier molecular flexibility index (Phi) is 4.14. The van der Waals surface area contributed by atoms with Crippen LogP contribution in [0.5, 0.6) is 0 Å². The lowest BCUT2D eigenvalue weighted by molar-refractivity contribution is 0.470. The average Bonchev–Trinajstić information content (AvgIpc) is 2.92. The molecule has 2 rings (SSSR count). The van der Waals surface area contributed by atoms with E-state index in [9.17, 15) is 8.42 Å². The van der Waals surface area contributed by atoms with Crippen molar-refractivity contribution in [2.24, 2.45) is 0 Å². The van der Waals surface area contributed by atoms with Crippen LogP contribution in [0.4, 0.5) is 0 Å². The van der Waals surface area contributed by atoms with Crippen molar-refractivity contribution in [1.29, 1.82) is 5.26 Å². The van der Waals surface area contributed by atoms with Crippen molar-refractivity contribution in [1.82, 2.24) is 9.71 Å². The molecule has 5 nitrogen and oxygen atoms in total. The molecule has 1 aromatic heterocycles. The SMILES string of the molecule is Cc1cc(S(=O)(=O)NC(C)(C)c2nccs2)ccc1C#N. The lowest BCUT2D eigenvalue weighted by Crippen LogP contribution is -2.40. The Morgan fingerprint density at radius 3 is 2.62 bits per heavy atom. The van der Waals surface area contributed by atoms with Crippen LogP contribution in [0.1, 0.15) is 30.0 Å². The first kappa shape index (κ1) is 15.6. The van der Waals surface area contributed by atoms with Gasteiger partial charge in [0.05, 0.1) is 22.1 Å². The molecule has 0 fully saturated rings. The van der Waals surface area contributed by atoms with Crippen LogP contribution in [0, 0.1) is 18.3 Å². The average molecular weight is 321 g/mol. The van der Waals surface area contributed by atoms with E-state index >= 15 is 0 Å². The quantitative estimate of drug-likeness (QED) is 0.938. The summed E-state index contributed by atoms with van der Waals surface area (Å²) in [5, 5.41) is 11.4. The number of aromatic nitrogens is 1.